The van der Waals surface area contributed by atoms with Crippen LogP contribution in [-0.4, -0.2) is 89.4 Å². The summed E-state index contributed by atoms with van der Waals surface area (Å²) in [5.41, 5.74) is 3.16. The average molecular weight is 691 g/mol. The highest BCUT2D eigenvalue weighted by Gasteiger charge is 2.77. The first-order valence-electron chi connectivity index (χ1n) is 17.1. The summed E-state index contributed by atoms with van der Waals surface area (Å²) in [5.74, 6) is -2.10. The molecule has 3 aliphatic heterocycles. The summed E-state index contributed by atoms with van der Waals surface area (Å²) in [4.78, 5) is 50.1. The molecule has 1 N–H and O–H groups in total. The normalized spacial score (nSPS) is 25.8. The second-order valence-corrected chi connectivity index (χ2v) is 15.0. The fourth-order valence-electron chi connectivity index (χ4n) is 8.52. The molecule has 1 spiro atoms. The van der Waals surface area contributed by atoms with E-state index in [-0.39, 0.29) is 48.7 Å². The van der Waals surface area contributed by atoms with Gasteiger partial charge in [0.1, 0.15) is 18.2 Å². The van der Waals surface area contributed by atoms with Crippen LogP contribution in [0.3, 0.4) is 0 Å². The second kappa shape index (κ2) is 13.9. The van der Waals surface area contributed by atoms with Gasteiger partial charge < -0.3 is 19.8 Å². The highest BCUT2D eigenvalue weighted by Crippen LogP contribution is 2.69. The van der Waals surface area contributed by atoms with Crippen LogP contribution in [0.4, 0.5) is 5.69 Å². The zero-order valence-corrected chi connectivity index (χ0v) is 28.9. The number of aromatic nitrogens is 3. The van der Waals surface area contributed by atoms with Gasteiger partial charge in [-0.3, -0.25) is 14.4 Å². The van der Waals surface area contributed by atoms with Crippen LogP contribution in [0.2, 0.25) is 0 Å². The molecule has 10 nitrogen and oxygen atoms in total. The smallest absolute Gasteiger partial charge is 0.248 e. The maximum absolute atomic E-state index is 15.3. The highest BCUT2D eigenvalue weighted by molar-refractivity contribution is 8.02. The van der Waals surface area contributed by atoms with E-state index >= 15 is 9.59 Å². The predicted octanol–water partition coefficient (Wildman–Crippen LogP) is 4.56. The minimum Gasteiger partial charge on any atom is -0.394 e. The number of aliphatic hydroxyl groups excluding tert-OH is 1. The Labute approximate surface area is 296 Å². The fraction of sp³-hybridized carbons (Fsp3) is 0.359. The first-order chi connectivity index (χ1) is 24.3. The van der Waals surface area contributed by atoms with Crippen molar-refractivity contribution in [1.29, 1.82) is 0 Å². The van der Waals surface area contributed by atoms with Gasteiger partial charge in [0, 0.05) is 24.0 Å². The molecule has 0 radical (unpaired) electrons. The Morgan fingerprint density at radius 2 is 1.68 bits per heavy atom. The average Bonchev–Trinajstić information content (AvgIpc) is 3.87. The number of rotatable bonds is 13. The number of para-hydroxylation sites is 2. The van der Waals surface area contributed by atoms with Gasteiger partial charge in [-0.15, -0.1) is 30.0 Å². The monoisotopic (exact) mass is 690 g/mol. The van der Waals surface area contributed by atoms with E-state index in [1.54, 1.807) is 43.3 Å². The molecule has 4 aromatic rings. The van der Waals surface area contributed by atoms with E-state index in [1.165, 1.54) is 0 Å². The lowest BCUT2D eigenvalue weighted by Gasteiger charge is -2.42. The molecule has 0 aliphatic carbocycles. The quantitative estimate of drug-likeness (QED) is 0.205. The molecule has 7 atom stereocenters. The van der Waals surface area contributed by atoms with Gasteiger partial charge in [-0.05, 0) is 48.6 Å². The Morgan fingerprint density at radius 3 is 2.38 bits per heavy atom. The Bertz CT molecular complexity index is 1900. The number of aliphatic hydroxyl groups is 1. The zero-order chi connectivity index (χ0) is 35.0. The highest BCUT2D eigenvalue weighted by atomic mass is 32.2. The molecule has 3 aliphatic rings. The minimum absolute atomic E-state index is 0.0483. The summed E-state index contributed by atoms with van der Waals surface area (Å²) >= 11 is 1.62. The van der Waals surface area contributed by atoms with Gasteiger partial charge in [0.05, 0.1) is 34.7 Å². The number of hydrogen-bond donors (Lipinski definition) is 1. The Morgan fingerprint density at radius 1 is 1.00 bits per heavy atom. The number of likely N-dealkylation sites (tertiary alicyclic amines) is 1. The Balaban J connectivity index is 1.32. The number of carbonyl (C=O) groups excluding carboxylic acids is 3. The molecular formula is C39H42N6O4S. The van der Waals surface area contributed by atoms with Crippen molar-refractivity contribution in [3.8, 4) is 0 Å². The Hall–Kier alpha value is -4.74. The molecule has 3 unspecified atom stereocenters. The number of nitrogens with zero attached hydrogens (tertiary/aromatic N) is 6. The molecule has 4 heterocycles. The molecule has 3 fully saturated rings. The summed E-state index contributed by atoms with van der Waals surface area (Å²) in [6.07, 6.45) is 4.42. The van der Waals surface area contributed by atoms with Crippen LogP contribution in [-0.2, 0) is 27.5 Å². The van der Waals surface area contributed by atoms with E-state index in [0.29, 0.717) is 24.9 Å². The lowest BCUT2D eigenvalue weighted by molar-refractivity contribution is -0.146. The van der Waals surface area contributed by atoms with E-state index in [1.807, 2.05) is 84.9 Å². The molecule has 1 aromatic heterocycles. The Kier molecular flexibility index (Phi) is 9.36. The lowest BCUT2D eigenvalue weighted by atomic mass is 9.65. The van der Waals surface area contributed by atoms with Gasteiger partial charge in [-0.1, -0.05) is 85.0 Å². The van der Waals surface area contributed by atoms with Crippen molar-refractivity contribution >= 4 is 46.2 Å². The van der Waals surface area contributed by atoms with Crippen LogP contribution in [0.15, 0.2) is 110 Å². The first-order valence-corrected chi connectivity index (χ1v) is 18.0. The van der Waals surface area contributed by atoms with Crippen LogP contribution >= 0.6 is 11.8 Å². The van der Waals surface area contributed by atoms with Gasteiger partial charge in [0.2, 0.25) is 17.7 Å². The largest absolute Gasteiger partial charge is 0.394 e. The number of hydrogen-bond acceptors (Lipinski definition) is 7. The lowest BCUT2D eigenvalue weighted by Crippen LogP contribution is -2.59. The van der Waals surface area contributed by atoms with Crippen molar-refractivity contribution in [2.24, 2.45) is 17.8 Å². The fourth-order valence-corrected chi connectivity index (χ4v) is 10.9. The predicted molar refractivity (Wildman–Crippen MR) is 195 cm³/mol. The number of benzene rings is 3. The second-order valence-electron chi connectivity index (χ2n) is 13.5. The SMILES string of the molecule is C=CCN(Cn1nnc2ccccc21)C(=O)C1N([C@@H](CO)Cc2ccccc2)C(=O)[C@@H]2[C@H](C(=O)N(CC=C)c3ccccc3)[C@@H]3CC(C)C12S3. The topological polar surface area (TPSA) is 112 Å². The molecule has 3 aromatic carbocycles. The van der Waals surface area contributed by atoms with Crippen LogP contribution in [0.5, 0.6) is 0 Å². The summed E-state index contributed by atoms with van der Waals surface area (Å²) in [7, 11) is 0. The van der Waals surface area contributed by atoms with Crippen LogP contribution in [0, 0.1) is 17.8 Å². The number of fused-ring (bicyclic) bond motifs is 2. The standard InChI is InChI=1S/C39H42N6O4S/c1-4-20-42(25-44-31-19-13-12-18-30(31)40-41-44)38(49)35-39-26(3)22-32(50-39)33(36(47)43(21-5-2)28-16-10-7-11-17-28)34(39)37(48)45(35)29(24-46)23-27-14-8-6-9-15-27/h4-19,26,29,32-35,46H,1-2,20-25H2,3H3/t26?,29-,32+,33-,34+,35?,39?/m1/s1. The summed E-state index contributed by atoms with van der Waals surface area (Å²) < 4.78 is 0.798. The third-order valence-electron chi connectivity index (χ3n) is 10.7. The zero-order valence-electron chi connectivity index (χ0n) is 28.1. The number of thioether (sulfide) groups is 1. The van der Waals surface area contributed by atoms with Gasteiger partial charge in [0.15, 0.2) is 0 Å². The minimum atomic E-state index is -0.928. The molecule has 7 rings (SSSR count). The van der Waals surface area contributed by atoms with Gasteiger partial charge >= 0.3 is 0 Å². The van der Waals surface area contributed by atoms with Gasteiger partial charge in [-0.2, -0.15) is 0 Å². The van der Waals surface area contributed by atoms with E-state index in [9.17, 15) is 9.90 Å². The maximum atomic E-state index is 15.3. The number of anilines is 1. The molecule has 50 heavy (non-hydrogen) atoms. The van der Waals surface area contributed by atoms with E-state index < -0.39 is 28.7 Å². The van der Waals surface area contributed by atoms with Crippen LogP contribution < -0.4 is 4.90 Å². The molecule has 2 bridgehead atoms. The molecule has 3 saturated heterocycles. The van der Waals surface area contributed by atoms with Crippen molar-refractivity contribution in [1.82, 2.24) is 24.8 Å². The third kappa shape index (κ3) is 5.52. The van der Waals surface area contributed by atoms with Gasteiger partial charge in [-0.25, -0.2) is 4.68 Å². The van der Waals surface area contributed by atoms with Gasteiger partial charge in [0.25, 0.3) is 0 Å². The van der Waals surface area contributed by atoms with E-state index in [2.05, 4.69) is 30.4 Å². The maximum Gasteiger partial charge on any atom is 0.248 e. The molecule has 3 amide bonds. The van der Waals surface area contributed by atoms with Crippen LogP contribution in [0.1, 0.15) is 18.9 Å². The summed E-state index contributed by atoms with van der Waals surface area (Å²) in [6, 6.07) is 25.1. The molecule has 258 valence electrons. The molecular weight excluding hydrogens is 649 g/mol. The number of amides is 3. The van der Waals surface area contributed by atoms with Crippen molar-refractivity contribution in [2.45, 2.75) is 48.5 Å². The van der Waals surface area contributed by atoms with Crippen molar-refractivity contribution in [2.75, 3.05) is 24.6 Å². The molecule has 0 saturated carbocycles. The summed E-state index contributed by atoms with van der Waals surface area (Å²) in [6.45, 7) is 10.2. The third-order valence-corrected chi connectivity index (χ3v) is 12.7. The van der Waals surface area contributed by atoms with Crippen LogP contribution in [0.25, 0.3) is 11.0 Å². The van der Waals surface area contributed by atoms with E-state index in [4.69, 9.17) is 0 Å². The van der Waals surface area contributed by atoms with E-state index in [0.717, 1.165) is 16.8 Å². The summed E-state index contributed by atoms with van der Waals surface area (Å²) in [5, 5.41) is 19.5. The molecule has 11 heteroatoms. The number of carbonyl (C=O) groups is 3. The van der Waals surface area contributed by atoms with Crippen molar-refractivity contribution < 1.29 is 19.5 Å². The van der Waals surface area contributed by atoms with Crippen molar-refractivity contribution in [3.05, 3.63) is 116 Å². The first kappa shape index (κ1) is 33.7. The van der Waals surface area contributed by atoms with Crippen molar-refractivity contribution in [3.63, 3.8) is 0 Å².